The highest BCUT2D eigenvalue weighted by Gasteiger charge is 2.19. The molecule has 0 aliphatic rings. The molecule has 6 heteroatoms. The molecule has 0 aliphatic carbocycles. The van der Waals surface area contributed by atoms with Crippen molar-refractivity contribution in [3.8, 4) is 11.5 Å². The van der Waals surface area contributed by atoms with E-state index in [4.69, 9.17) is 16.3 Å². The molecule has 0 aliphatic heterocycles. The van der Waals surface area contributed by atoms with E-state index in [2.05, 4.69) is 0 Å². The fraction of sp³-hybridized carbons (Fsp3) is 0. The van der Waals surface area contributed by atoms with E-state index >= 15 is 0 Å². The predicted molar refractivity (Wildman–Crippen MR) is 89.8 cm³/mol. The smallest absolute Gasteiger partial charge is 0.206 e. The van der Waals surface area contributed by atoms with Gasteiger partial charge in [-0.25, -0.2) is 12.8 Å². The van der Waals surface area contributed by atoms with Crippen molar-refractivity contribution >= 4 is 21.4 Å². The van der Waals surface area contributed by atoms with Crippen LogP contribution in [-0.2, 0) is 9.84 Å². The van der Waals surface area contributed by atoms with Crippen molar-refractivity contribution in [1.29, 1.82) is 0 Å². The fourth-order valence-corrected chi connectivity index (χ4v) is 3.58. The first-order chi connectivity index (χ1) is 11.5. The molecule has 0 radical (unpaired) electrons. The Bertz CT molecular complexity index is 973. The van der Waals surface area contributed by atoms with Gasteiger partial charge in [0, 0.05) is 0 Å². The zero-order valence-electron chi connectivity index (χ0n) is 12.3. The largest absolute Gasteiger partial charge is 0.453 e. The second-order valence-electron chi connectivity index (χ2n) is 4.94. The van der Waals surface area contributed by atoms with Gasteiger partial charge in [-0.05, 0) is 42.5 Å². The maximum atomic E-state index is 14.3. The summed E-state index contributed by atoms with van der Waals surface area (Å²) in [6, 6.07) is 18.0. The zero-order valence-corrected chi connectivity index (χ0v) is 13.9. The zero-order chi connectivity index (χ0) is 17.2. The molecule has 0 heterocycles. The number of benzene rings is 3. The van der Waals surface area contributed by atoms with Gasteiger partial charge in [-0.3, -0.25) is 0 Å². The van der Waals surface area contributed by atoms with Crippen LogP contribution >= 0.6 is 11.6 Å². The summed E-state index contributed by atoms with van der Waals surface area (Å²) in [7, 11) is -3.78. The van der Waals surface area contributed by atoms with Gasteiger partial charge >= 0.3 is 0 Å². The van der Waals surface area contributed by atoms with Gasteiger partial charge in [-0.2, -0.15) is 0 Å². The molecule has 0 atom stereocenters. The van der Waals surface area contributed by atoms with Crippen LogP contribution in [0.15, 0.2) is 82.6 Å². The molecule has 3 aromatic rings. The van der Waals surface area contributed by atoms with Gasteiger partial charge in [-0.15, -0.1) is 0 Å². The Labute approximate surface area is 144 Å². The van der Waals surface area contributed by atoms with Crippen LogP contribution in [0.25, 0.3) is 0 Å². The van der Waals surface area contributed by atoms with E-state index in [1.54, 1.807) is 42.5 Å². The summed E-state index contributed by atoms with van der Waals surface area (Å²) < 4.78 is 44.7. The molecule has 3 nitrogen and oxygen atoms in total. The topological polar surface area (TPSA) is 43.4 Å². The lowest BCUT2D eigenvalue weighted by molar-refractivity contribution is 0.441. The van der Waals surface area contributed by atoms with Crippen molar-refractivity contribution in [3.63, 3.8) is 0 Å². The van der Waals surface area contributed by atoms with Crippen LogP contribution in [0, 0.1) is 5.82 Å². The summed E-state index contributed by atoms with van der Waals surface area (Å²) in [6.07, 6.45) is 0. The molecule has 0 saturated heterocycles. The van der Waals surface area contributed by atoms with Crippen LogP contribution < -0.4 is 4.74 Å². The van der Waals surface area contributed by atoms with Crippen LogP contribution in [-0.4, -0.2) is 8.42 Å². The Morgan fingerprint density at radius 3 is 2.12 bits per heavy atom. The minimum absolute atomic E-state index is 0.101. The molecule has 0 N–H and O–H groups in total. The van der Waals surface area contributed by atoms with E-state index in [0.717, 1.165) is 6.07 Å². The van der Waals surface area contributed by atoms with Crippen molar-refractivity contribution in [2.24, 2.45) is 0 Å². The summed E-state index contributed by atoms with van der Waals surface area (Å²) in [5.74, 6) is -0.598. The Balaban J connectivity index is 1.95. The number of hydrogen-bond acceptors (Lipinski definition) is 3. The summed E-state index contributed by atoms with van der Waals surface area (Å²) in [5, 5.41) is 0.331. The van der Waals surface area contributed by atoms with Gasteiger partial charge in [0.05, 0.1) is 14.8 Å². The van der Waals surface area contributed by atoms with Crippen molar-refractivity contribution in [2.45, 2.75) is 9.79 Å². The molecule has 0 unspecified atom stereocenters. The van der Waals surface area contributed by atoms with Crippen LogP contribution in [0.2, 0.25) is 5.02 Å². The van der Waals surface area contributed by atoms with Gasteiger partial charge in [0.25, 0.3) is 0 Å². The third kappa shape index (κ3) is 3.27. The molecule has 24 heavy (non-hydrogen) atoms. The minimum Gasteiger partial charge on any atom is -0.453 e. The van der Waals surface area contributed by atoms with Crippen molar-refractivity contribution < 1.29 is 17.5 Å². The number of hydrogen-bond donors (Lipinski definition) is 0. The normalized spacial score (nSPS) is 11.2. The summed E-state index contributed by atoms with van der Waals surface area (Å²) in [6.45, 7) is 0. The molecule has 3 rings (SSSR count). The number of halogens is 2. The van der Waals surface area contributed by atoms with Gasteiger partial charge in [0.2, 0.25) is 9.84 Å². The van der Waals surface area contributed by atoms with Gasteiger partial charge < -0.3 is 4.74 Å². The molecule has 0 amide bonds. The minimum atomic E-state index is -3.78. The highest BCUT2D eigenvalue weighted by atomic mass is 35.5. The van der Waals surface area contributed by atoms with Crippen molar-refractivity contribution in [3.05, 3.63) is 83.6 Å². The fourth-order valence-electron chi connectivity index (χ4n) is 2.11. The third-order valence-corrected chi connectivity index (χ3v) is 5.40. The SMILES string of the molecule is O=S(=O)(c1ccccc1)c1ccc(Oc2ccccc2Cl)c(F)c1. The highest BCUT2D eigenvalue weighted by Crippen LogP contribution is 2.32. The molecule has 0 spiro atoms. The highest BCUT2D eigenvalue weighted by molar-refractivity contribution is 7.91. The average Bonchev–Trinajstić information content (AvgIpc) is 2.59. The Hall–Kier alpha value is -2.37. The van der Waals surface area contributed by atoms with Crippen LogP contribution in [0.4, 0.5) is 4.39 Å². The Morgan fingerprint density at radius 1 is 0.792 bits per heavy atom. The van der Waals surface area contributed by atoms with Gasteiger partial charge in [0.15, 0.2) is 11.6 Å². The van der Waals surface area contributed by atoms with Crippen molar-refractivity contribution in [2.75, 3.05) is 0 Å². The number of sulfone groups is 1. The van der Waals surface area contributed by atoms with E-state index in [1.807, 2.05) is 0 Å². The lowest BCUT2D eigenvalue weighted by Crippen LogP contribution is -2.02. The average molecular weight is 363 g/mol. The third-order valence-electron chi connectivity index (χ3n) is 3.32. The molecule has 122 valence electrons. The molecule has 0 fully saturated rings. The molecule has 3 aromatic carbocycles. The van der Waals surface area contributed by atoms with Crippen LogP contribution in [0.5, 0.6) is 11.5 Å². The van der Waals surface area contributed by atoms with Crippen LogP contribution in [0.3, 0.4) is 0 Å². The number of para-hydroxylation sites is 1. The van der Waals surface area contributed by atoms with E-state index in [1.165, 1.54) is 24.3 Å². The monoisotopic (exact) mass is 362 g/mol. The Morgan fingerprint density at radius 2 is 1.46 bits per heavy atom. The second kappa shape index (κ2) is 6.63. The van der Waals surface area contributed by atoms with Crippen LogP contribution in [0.1, 0.15) is 0 Å². The Kier molecular flexibility index (Phi) is 4.55. The maximum absolute atomic E-state index is 14.3. The first-order valence-corrected chi connectivity index (χ1v) is 8.86. The van der Waals surface area contributed by atoms with Crippen molar-refractivity contribution in [1.82, 2.24) is 0 Å². The van der Waals surface area contributed by atoms with E-state index in [9.17, 15) is 12.8 Å². The first kappa shape index (κ1) is 16.5. The molecule has 0 bridgehead atoms. The lowest BCUT2D eigenvalue weighted by Gasteiger charge is -2.10. The summed E-state index contributed by atoms with van der Waals surface area (Å²) in [5.41, 5.74) is 0. The first-order valence-electron chi connectivity index (χ1n) is 7.00. The number of ether oxygens (including phenoxy) is 1. The van der Waals surface area contributed by atoms with E-state index in [-0.39, 0.29) is 21.3 Å². The lowest BCUT2D eigenvalue weighted by atomic mass is 10.3. The second-order valence-corrected chi connectivity index (χ2v) is 7.30. The summed E-state index contributed by atoms with van der Waals surface area (Å²) in [4.78, 5) is -0.0399. The van der Waals surface area contributed by atoms with Gasteiger partial charge in [0.1, 0.15) is 5.75 Å². The maximum Gasteiger partial charge on any atom is 0.206 e. The van der Waals surface area contributed by atoms with Gasteiger partial charge in [-0.1, -0.05) is 41.9 Å². The number of rotatable bonds is 4. The van der Waals surface area contributed by atoms with E-state index in [0.29, 0.717) is 5.02 Å². The molecular weight excluding hydrogens is 351 g/mol. The standard InChI is InChI=1S/C18H12ClFO3S/c19-15-8-4-5-9-17(15)23-18-11-10-14(12-16(18)20)24(21,22)13-6-2-1-3-7-13/h1-12H. The quantitative estimate of drug-likeness (QED) is 0.648. The van der Waals surface area contributed by atoms with E-state index < -0.39 is 15.7 Å². The predicted octanol–water partition coefficient (Wildman–Crippen LogP) is 5.10. The molecular formula is C18H12ClFO3S. The molecule has 0 aromatic heterocycles. The summed E-state index contributed by atoms with van der Waals surface area (Å²) >= 11 is 5.97. The molecule has 0 saturated carbocycles.